The number of carbonyl (C=O) groups excluding carboxylic acids is 1. The summed E-state index contributed by atoms with van der Waals surface area (Å²) in [6.45, 7) is 2.80. The van der Waals surface area contributed by atoms with Gasteiger partial charge in [0, 0.05) is 5.69 Å². The first-order valence-electron chi connectivity index (χ1n) is 5.59. The first kappa shape index (κ1) is 15.7. The molecule has 1 rings (SSSR count). The van der Waals surface area contributed by atoms with Gasteiger partial charge in [-0.25, -0.2) is 8.42 Å². The maximum atomic E-state index is 11.5. The second-order valence-corrected chi connectivity index (χ2v) is 6.05. The fourth-order valence-electron chi connectivity index (χ4n) is 1.32. The number of halogens is 1. The van der Waals surface area contributed by atoms with Crippen LogP contribution >= 0.6 is 11.6 Å². The van der Waals surface area contributed by atoms with Gasteiger partial charge < -0.3 is 10.6 Å². The Kier molecular flexibility index (Phi) is 5.59. The van der Waals surface area contributed by atoms with E-state index < -0.39 is 10.0 Å². The van der Waals surface area contributed by atoms with Crippen LogP contribution in [0.25, 0.3) is 0 Å². The van der Waals surface area contributed by atoms with Crippen molar-refractivity contribution in [3.63, 3.8) is 0 Å². The van der Waals surface area contributed by atoms with Gasteiger partial charge in [-0.15, -0.1) is 0 Å². The second-order valence-electron chi connectivity index (χ2n) is 3.90. The Labute approximate surface area is 117 Å². The molecule has 1 amide bonds. The summed E-state index contributed by atoms with van der Waals surface area (Å²) < 4.78 is 24.5. The number of hydrogen-bond acceptors (Lipinski definition) is 4. The summed E-state index contributed by atoms with van der Waals surface area (Å²) in [5.41, 5.74) is 0.779. The van der Waals surface area contributed by atoms with E-state index in [1.54, 1.807) is 6.07 Å². The fraction of sp³-hybridized carbons (Fsp3) is 0.364. The van der Waals surface area contributed by atoms with E-state index >= 15 is 0 Å². The van der Waals surface area contributed by atoms with Crippen molar-refractivity contribution in [1.82, 2.24) is 5.32 Å². The zero-order valence-corrected chi connectivity index (χ0v) is 12.2. The summed E-state index contributed by atoms with van der Waals surface area (Å²) in [6.07, 6.45) is 1.04. The Morgan fingerprint density at radius 2 is 2.05 bits per heavy atom. The highest BCUT2D eigenvalue weighted by molar-refractivity contribution is 7.92. The van der Waals surface area contributed by atoms with Crippen molar-refractivity contribution in [2.24, 2.45) is 0 Å². The molecule has 0 atom stereocenters. The molecule has 0 aliphatic heterocycles. The van der Waals surface area contributed by atoms with E-state index in [2.05, 4.69) is 15.4 Å². The lowest BCUT2D eigenvalue weighted by atomic mass is 10.3. The molecule has 0 saturated carbocycles. The van der Waals surface area contributed by atoms with Gasteiger partial charge in [0.05, 0.1) is 23.5 Å². The van der Waals surface area contributed by atoms with E-state index in [1.807, 2.05) is 6.92 Å². The molecule has 0 unspecified atom stereocenters. The molecule has 106 valence electrons. The van der Waals surface area contributed by atoms with E-state index in [0.29, 0.717) is 12.2 Å². The van der Waals surface area contributed by atoms with Crippen LogP contribution in [0.1, 0.15) is 6.92 Å². The summed E-state index contributed by atoms with van der Waals surface area (Å²) in [7, 11) is -3.38. The lowest BCUT2D eigenvalue weighted by Gasteiger charge is -2.09. The van der Waals surface area contributed by atoms with Crippen molar-refractivity contribution in [1.29, 1.82) is 0 Å². The molecule has 0 aromatic heterocycles. The highest BCUT2D eigenvalue weighted by Gasteiger charge is 2.08. The van der Waals surface area contributed by atoms with Gasteiger partial charge in [0.25, 0.3) is 0 Å². The van der Waals surface area contributed by atoms with Crippen LogP contribution in [0.3, 0.4) is 0 Å². The summed E-state index contributed by atoms with van der Waals surface area (Å²) >= 11 is 5.93. The van der Waals surface area contributed by atoms with Crippen molar-refractivity contribution in [2.45, 2.75) is 6.92 Å². The molecule has 0 spiro atoms. The number of rotatable bonds is 6. The monoisotopic (exact) mass is 305 g/mol. The third-order valence-electron chi connectivity index (χ3n) is 2.08. The van der Waals surface area contributed by atoms with E-state index in [0.717, 1.165) is 6.26 Å². The topological polar surface area (TPSA) is 87.3 Å². The maximum Gasteiger partial charge on any atom is 0.238 e. The molecule has 0 saturated heterocycles. The number of sulfonamides is 1. The Bertz CT molecular complexity index is 560. The van der Waals surface area contributed by atoms with Crippen LogP contribution < -0.4 is 15.4 Å². The molecule has 3 N–H and O–H groups in total. The Morgan fingerprint density at radius 3 is 2.58 bits per heavy atom. The van der Waals surface area contributed by atoms with Crippen molar-refractivity contribution in [2.75, 3.05) is 29.4 Å². The smallest absolute Gasteiger partial charge is 0.238 e. The molecule has 0 aliphatic rings. The molecular weight excluding hydrogens is 290 g/mol. The molecule has 1 aromatic rings. The van der Waals surface area contributed by atoms with Gasteiger partial charge in [0.1, 0.15) is 0 Å². The third kappa shape index (κ3) is 5.91. The summed E-state index contributed by atoms with van der Waals surface area (Å²) in [4.78, 5) is 11.5. The average Bonchev–Trinajstić information content (AvgIpc) is 2.28. The van der Waals surface area contributed by atoms with Crippen LogP contribution in [-0.4, -0.2) is 33.7 Å². The molecule has 19 heavy (non-hydrogen) atoms. The first-order valence-corrected chi connectivity index (χ1v) is 7.86. The second kappa shape index (κ2) is 6.74. The number of benzene rings is 1. The lowest BCUT2D eigenvalue weighted by Crippen LogP contribution is -2.27. The number of anilines is 2. The van der Waals surface area contributed by atoms with Crippen molar-refractivity contribution < 1.29 is 13.2 Å². The predicted molar refractivity (Wildman–Crippen MR) is 77.1 cm³/mol. The highest BCUT2D eigenvalue weighted by atomic mass is 35.5. The maximum absolute atomic E-state index is 11.5. The number of likely N-dealkylation sites (N-methyl/N-ethyl adjacent to an activating group) is 1. The largest absolute Gasteiger partial charge is 0.325 e. The zero-order valence-electron chi connectivity index (χ0n) is 10.7. The van der Waals surface area contributed by atoms with E-state index in [4.69, 9.17) is 11.6 Å². The highest BCUT2D eigenvalue weighted by Crippen LogP contribution is 2.26. The zero-order chi connectivity index (χ0) is 14.5. The minimum absolute atomic E-state index is 0.193. The molecule has 0 radical (unpaired) electrons. The van der Waals surface area contributed by atoms with E-state index in [1.165, 1.54) is 12.1 Å². The summed E-state index contributed by atoms with van der Waals surface area (Å²) in [6, 6.07) is 4.55. The number of amides is 1. The molecular formula is C11H16ClN3O3S. The van der Waals surface area contributed by atoms with E-state index in [-0.39, 0.29) is 23.2 Å². The van der Waals surface area contributed by atoms with Crippen molar-refractivity contribution in [3.05, 3.63) is 23.2 Å². The van der Waals surface area contributed by atoms with Gasteiger partial charge in [-0.3, -0.25) is 9.52 Å². The predicted octanol–water partition coefficient (Wildman–Crippen LogP) is 1.26. The number of carbonyl (C=O) groups is 1. The average molecular weight is 306 g/mol. The first-order chi connectivity index (χ1) is 8.81. The standard InChI is InChI=1S/C11H16ClN3O3S/c1-3-13-7-11(16)14-8-4-5-10(9(12)6-8)15-19(2,17)18/h4-6,13,15H,3,7H2,1-2H3,(H,14,16). The Hall–Kier alpha value is -1.31. The summed E-state index contributed by atoms with van der Waals surface area (Å²) in [5, 5.41) is 5.75. The molecule has 1 aromatic carbocycles. The minimum Gasteiger partial charge on any atom is -0.325 e. The summed E-state index contributed by atoms with van der Waals surface area (Å²) in [5.74, 6) is -0.193. The van der Waals surface area contributed by atoms with Crippen molar-refractivity contribution >= 4 is 38.9 Å². The van der Waals surface area contributed by atoms with Crippen LogP contribution in [0.15, 0.2) is 18.2 Å². The normalized spacial score (nSPS) is 11.1. The van der Waals surface area contributed by atoms with Gasteiger partial charge >= 0.3 is 0 Å². The lowest BCUT2D eigenvalue weighted by molar-refractivity contribution is -0.115. The number of hydrogen-bond donors (Lipinski definition) is 3. The molecule has 0 aliphatic carbocycles. The Morgan fingerprint density at radius 1 is 1.37 bits per heavy atom. The van der Waals surface area contributed by atoms with Gasteiger partial charge in [0.2, 0.25) is 15.9 Å². The van der Waals surface area contributed by atoms with Gasteiger partial charge in [-0.1, -0.05) is 18.5 Å². The fourth-order valence-corrected chi connectivity index (χ4v) is 2.18. The van der Waals surface area contributed by atoms with Gasteiger partial charge in [-0.2, -0.15) is 0 Å². The van der Waals surface area contributed by atoms with Crippen LogP contribution in [0.4, 0.5) is 11.4 Å². The molecule has 0 fully saturated rings. The Balaban J connectivity index is 2.74. The van der Waals surface area contributed by atoms with Crippen LogP contribution in [0, 0.1) is 0 Å². The SMILES string of the molecule is CCNCC(=O)Nc1ccc(NS(C)(=O)=O)c(Cl)c1. The van der Waals surface area contributed by atoms with E-state index in [9.17, 15) is 13.2 Å². The molecule has 8 heteroatoms. The van der Waals surface area contributed by atoms with Crippen LogP contribution in [0.2, 0.25) is 5.02 Å². The van der Waals surface area contributed by atoms with Gasteiger partial charge in [-0.05, 0) is 24.7 Å². The van der Waals surface area contributed by atoms with Gasteiger partial charge in [0.15, 0.2) is 0 Å². The quantitative estimate of drug-likeness (QED) is 0.738. The molecule has 0 bridgehead atoms. The van der Waals surface area contributed by atoms with Crippen LogP contribution in [-0.2, 0) is 14.8 Å². The molecule has 0 heterocycles. The van der Waals surface area contributed by atoms with Crippen LogP contribution in [0.5, 0.6) is 0 Å². The molecule has 6 nitrogen and oxygen atoms in total. The van der Waals surface area contributed by atoms with Crippen molar-refractivity contribution in [3.8, 4) is 0 Å². The number of nitrogens with one attached hydrogen (secondary N) is 3. The minimum atomic E-state index is -3.38. The third-order valence-corrected chi connectivity index (χ3v) is 2.99.